The predicted molar refractivity (Wildman–Crippen MR) is 125 cm³/mol. The lowest BCUT2D eigenvalue weighted by Crippen LogP contribution is -2.63. The maximum absolute atomic E-state index is 12.5. The summed E-state index contributed by atoms with van der Waals surface area (Å²) in [4.78, 5) is 25.0. The van der Waals surface area contributed by atoms with Crippen LogP contribution in [0.5, 0.6) is 0 Å². The minimum Gasteiger partial charge on any atom is -0.303 e. The van der Waals surface area contributed by atoms with Gasteiger partial charge >= 0.3 is 0 Å². The second-order valence-electron chi connectivity index (χ2n) is 12.9. The summed E-state index contributed by atoms with van der Waals surface area (Å²) in [5, 5.41) is 0. The molecule has 5 rings (SSSR count). The Morgan fingerprint density at radius 1 is 0.968 bits per heavy atom. The van der Waals surface area contributed by atoms with Gasteiger partial charge in [-0.3, -0.25) is 4.79 Å². The molecule has 5 aliphatic rings. The van der Waals surface area contributed by atoms with Crippen LogP contribution >= 0.6 is 0 Å². The number of carbonyl (C=O) groups excluding carboxylic acids is 2. The van der Waals surface area contributed by atoms with Crippen molar-refractivity contribution in [2.45, 2.75) is 98.8 Å². The average Bonchev–Trinajstić information content (AvgIpc) is 3.12. The first-order valence-electron chi connectivity index (χ1n) is 12.9. The van der Waals surface area contributed by atoms with Gasteiger partial charge in [-0.1, -0.05) is 38.5 Å². The van der Waals surface area contributed by atoms with Gasteiger partial charge in [-0.25, -0.2) is 0 Å². The highest BCUT2D eigenvalue weighted by Crippen LogP contribution is 2.76. The second-order valence-corrected chi connectivity index (χ2v) is 12.9. The number of hydrogen-bond acceptors (Lipinski definition) is 2. The number of allylic oxidation sites excluding steroid dienone is 3. The highest BCUT2D eigenvalue weighted by molar-refractivity contribution is 5.96. The molecule has 0 aliphatic heterocycles. The van der Waals surface area contributed by atoms with Crippen molar-refractivity contribution in [3.63, 3.8) is 0 Å². The lowest BCUT2D eigenvalue weighted by molar-refractivity contribution is -0.194. The fourth-order valence-electron chi connectivity index (χ4n) is 10.3. The summed E-state index contributed by atoms with van der Waals surface area (Å²) in [6, 6.07) is 0. The van der Waals surface area contributed by atoms with Crippen molar-refractivity contribution < 1.29 is 9.59 Å². The van der Waals surface area contributed by atoms with Crippen LogP contribution < -0.4 is 0 Å². The minimum atomic E-state index is -0.103. The van der Waals surface area contributed by atoms with Crippen LogP contribution in [0.4, 0.5) is 0 Å². The number of fused-ring (bicyclic) bond motifs is 7. The van der Waals surface area contributed by atoms with E-state index >= 15 is 0 Å². The van der Waals surface area contributed by atoms with E-state index in [2.05, 4.69) is 41.2 Å². The van der Waals surface area contributed by atoms with Crippen LogP contribution in [0.2, 0.25) is 0 Å². The maximum Gasteiger partial charge on any atom is 0.158 e. The molecule has 0 N–H and O–H groups in total. The van der Waals surface area contributed by atoms with Gasteiger partial charge in [0.15, 0.2) is 5.78 Å². The summed E-state index contributed by atoms with van der Waals surface area (Å²) in [6.45, 7) is 16.4. The van der Waals surface area contributed by atoms with E-state index in [1.54, 1.807) is 0 Å². The van der Waals surface area contributed by atoms with E-state index in [-0.39, 0.29) is 21.7 Å². The van der Waals surface area contributed by atoms with Crippen LogP contribution in [0.25, 0.3) is 0 Å². The monoisotopic (exact) mass is 422 g/mol. The first kappa shape index (κ1) is 21.7. The molecule has 0 amide bonds. The quantitative estimate of drug-likeness (QED) is 0.352. The van der Waals surface area contributed by atoms with E-state index in [1.807, 2.05) is 0 Å². The van der Waals surface area contributed by atoms with Gasteiger partial charge in [-0.15, -0.1) is 0 Å². The van der Waals surface area contributed by atoms with Gasteiger partial charge in [0.05, 0.1) is 0 Å². The van der Waals surface area contributed by atoms with E-state index in [1.165, 1.54) is 43.1 Å². The normalized spacial score (nSPS) is 51.5. The lowest BCUT2D eigenvalue weighted by Gasteiger charge is -2.70. The van der Waals surface area contributed by atoms with Gasteiger partial charge in [0.25, 0.3) is 0 Å². The van der Waals surface area contributed by atoms with Crippen molar-refractivity contribution in [3.05, 3.63) is 23.3 Å². The SMILES string of the molecule is C=C(C)[C@@H]1CC[C@]2(C=O)CC[C@]3(C)C(CCC4[C@@]5(C)CCC(=O)C(C)=C5CC[C@]43C)C12. The number of ketones is 1. The summed E-state index contributed by atoms with van der Waals surface area (Å²) >= 11 is 0. The Balaban J connectivity index is 1.59. The Morgan fingerprint density at radius 3 is 2.39 bits per heavy atom. The van der Waals surface area contributed by atoms with Crippen molar-refractivity contribution in [2.75, 3.05) is 0 Å². The van der Waals surface area contributed by atoms with E-state index in [4.69, 9.17) is 0 Å². The molecule has 5 aliphatic carbocycles. The molecule has 4 fully saturated rings. The molecule has 0 aromatic heterocycles. The zero-order valence-electron chi connectivity index (χ0n) is 20.5. The Kier molecular flexibility index (Phi) is 4.66. The van der Waals surface area contributed by atoms with Gasteiger partial charge in [-0.05, 0) is 117 Å². The molecule has 8 atom stereocenters. The summed E-state index contributed by atoms with van der Waals surface area (Å²) in [5.74, 6) is 2.66. The second kappa shape index (κ2) is 6.67. The van der Waals surface area contributed by atoms with Gasteiger partial charge in [0.1, 0.15) is 6.29 Å². The zero-order valence-corrected chi connectivity index (χ0v) is 20.5. The molecule has 0 heterocycles. The molecule has 2 nitrogen and oxygen atoms in total. The fraction of sp³-hybridized carbons (Fsp3) is 0.793. The number of Topliss-reactive ketones (excluding diaryl/α,β-unsaturated/α-hetero) is 1. The summed E-state index contributed by atoms with van der Waals surface area (Å²) in [7, 11) is 0. The molecule has 0 aromatic carbocycles. The molecule has 0 spiro atoms. The Hall–Kier alpha value is -1.18. The van der Waals surface area contributed by atoms with Crippen molar-refractivity contribution >= 4 is 12.1 Å². The fourth-order valence-corrected chi connectivity index (χ4v) is 10.3. The highest BCUT2D eigenvalue weighted by Gasteiger charge is 2.69. The Morgan fingerprint density at radius 2 is 1.71 bits per heavy atom. The van der Waals surface area contributed by atoms with E-state index in [0.717, 1.165) is 44.1 Å². The van der Waals surface area contributed by atoms with Gasteiger partial charge in [0.2, 0.25) is 0 Å². The minimum absolute atomic E-state index is 0.103. The third-order valence-electron chi connectivity index (χ3n) is 12.2. The molecule has 0 saturated heterocycles. The van der Waals surface area contributed by atoms with Crippen molar-refractivity contribution in [1.82, 2.24) is 0 Å². The molecule has 0 radical (unpaired) electrons. The van der Waals surface area contributed by atoms with Crippen molar-refractivity contribution in [3.8, 4) is 0 Å². The molecule has 4 saturated carbocycles. The summed E-state index contributed by atoms with van der Waals surface area (Å²) in [6.07, 6.45) is 12.4. The van der Waals surface area contributed by atoms with Crippen LogP contribution in [-0.4, -0.2) is 12.1 Å². The summed E-state index contributed by atoms with van der Waals surface area (Å²) < 4.78 is 0. The predicted octanol–water partition coefficient (Wildman–Crippen LogP) is 7.09. The van der Waals surface area contributed by atoms with E-state index in [0.29, 0.717) is 29.5 Å². The third kappa shape index (κ3) is 2.51. The molecular formula is C29H42O2. The standard InChI is InChI=1S/C29H42O2/c1-18(2)20-9-14-29(17-30)16-15-27(5)22(25(20)29)7-8-24-26(4)12-11-23(31)19(3)21(26)10-13-28(24,27)6/h17,20,22,24-25H,1,7-16H2,2-6H3/t20-,22?,24?,25?,26-,27+,28+,29+/m0/s1. The zero-order chi connectivity index (χ0) is 22.4. The molecule has 2 heteroatoms. The van der Waals surface area contributed by atoms with Crippen LogP contribution in [0, 0.1) is 45.3 Å². The van der Waals surface area contributed by atoms with Crippen molar-refractivity contribution in [1.29, 1.82) is 0 Å². The largest absolute Gasteiger partial charge is 0.303 e. The highest BCUT2D eigenvalue weighted by atomic mass is 16.1. The van der Waals surface area contributed by atoms with Crippen LogP contribution in [-0.2, 0) is 9.59 Å². The van der Waals surface area contributed by atoms with E-state index in [9.17, 15) is 9.59 Å². The van der Waals surface area contributed by atoms with Gasteiger partial charge in [-0.2, -0.15) is 0 Å². The number of hydrogen-bond donors (Lipinski definition) is 0. The van der Waals surface area contributed by atoms with Crippen LogP contribution in [0.1, 0.15) is 98.8 Å². The number of carbonyl (C=O) groups is 2. The smallest absolute Gasteiger partial charge is 0.158 e. The molecular weight excluding hydrogens is 380 g/mol. The topological polar surface area (TPSA) is 34.1 Å². The average molecular weight is 423 g/mol. The Bertz CT molecular complexity index is 881. The molecule has 170 valence electrons. The van der Waals surface area contributed by atoms with Crippen molar-refractivity contribution in [2.24, 2.45) is 45.3 Å². The van der Waals surface area contributed by atoms with Crippen LogP contribution in [0.3, 0.4) is 0 Å². The first-order valence-corrected chi connectivity index (χ1v) is 12.9. The first-order chi connectivity index (χ1) is 14.5. The third-order valence-corrected chi connectivity index (χ3v) is 12.2. The maximum atomic E-state index is 12.5. The van der Waals surface area contributed by atoms with E-state index < -0.39 is 0 Å². The molecule has 0 bridgehead atoms. The number of aldehydes is 1. The summed E-state index contributed by atoms with van der Waals surface area (Å²) in [5.41, 5.74) is 4.52. The Labute approximate surface area is 189 Å². The number of rotatable bonds is 2. The van der Waals surface area contributed by atoms with Crippen LogP contribution in [0.15, 0.2) is 23.3 Å². The lowest BCUT2D eigenvalue weighted by atomic mass is 9.34. The van der Waals surface area contributed by atoms with Gasteiger partial charge < -0.3 is 4.79 Å². The molecule has 3 unspecified atom stereocenters. The molecule has 31 heavy (non-hydrogen) atoms. The van der Waals surface area contributed by atoms with Gasteiger partial charge in [0, 0.05) is 11.8 Å². The molecule has 0 aromatic rings.